The molecule has 0 aromatic heterocycles. The van der Waals surface area contributed by atoms with Crippen LogP contribution in [-0.2, 0) is 19.0 Å². The number of fused-ring (bicyclic) bond motifs is 3. The maximum Gasteiger partial charge on any atom is 0.316 e. The van der Waals surface area contributed by atoms with Crippen molar-refractivity contribution in [1.29, 1.82) is 0 Å². The topological polar surface area (TPSA) is 183 Å². The third-order valence-electron chi connectivity index (χ3n) is 8.88. The first-order valence-corrected chi connectivity index (χ1v) is 13.8. The number of phenols is 3. The molecule has 5 rings (SSSR count). The molecule has 3 aliphatic rings. The Morgan fingerprint density at radius 3 is 2.33 bits per heavy atom. The van der Waals surface area contributed by atoms with Crippen molar-refractivity contribution in [2.75, 3.05) is 21.2 Å². The van der Waals surface area contributed by atoms with Crippen LogP contribution in [0.25, 0.3) is 0 Å². The van der Waals surface area contributed by atoms with Crippen LogP contribution < -0.4 is 0 Å². The molecule has 12 heteroatoms. The van der Waals surface area contributed by atoms with Gasteiger partial charge in [-0.1, -0.05) is 19.1 Å². The number of phenolic OH excluding ortho intramolecular Hbond substituents is 3. The van der Waals surface area contributed by atoms with Gasteiger partial charge in [0.25, 0.3) is 0 Å². The molecule has 0 radical (unpaired) electrons. The zero-order valence-corrected chi connectivity index (χ0v) is 24.0. The third-order valence-corrected chi connectivity index (χ3v) is 8.88. The Morgan fingerprint density at radius 1 is 1.07 bits per heavy atom. The number of hydrogen-bond donors (Lipinski definition) is 5. The van der Waals surface area contributed by atoms with E-state index in [9.17, 15) is 39.9 Å². The maximum absolute atomic E-state index is 13.7. The largest absolute Gasteiger partial charge is 0.507 e. The van der Waals surface area contributed by atoms with Gasteiger partial charge in [0.1, 0.15) is 23.2 Å². The Kier molecular flexibility index (Phi) is 7.57. The van der Waals surface area contributed by atoms with Gasteiger partial charge in [-0.2, -0.15) is 0 Å². The number of esters is 1. The van der Waals surface area contributed by atoms with Crippen molar-refractivity contribution in [1.82, 2.24) is 4.90 Å². The van der Waals surface area contributed by atoms with E-state index in [1.54, 1.807) is 27.9 Å². The second-order valence-electron chi connectivity index (χ2n) is 11.4. The molecule has 5 N–H and O–H groups in total. The smallest absolute Gasteiger partial charge is 0.316 e. The first-order chi connectivity index (χ1) is 19.8. The average Bonchev–Trinajstić information content (AvgIpc) is 2.94. The van der Waals surface area contributed by atoms with E-state index in [1.807, 2.05) is 4.90 Å². The van der Waals surface area contributed by atoms with E-state index in [-0.39, 0.29) is 47.6 Å². The first kappa shape index (κ1) is 29.9. The van der Waals surface area contributed by atoms with Gasteiger partial charge in [0.05, 0.1) is 47.7 Å². The molecule has 1 saturated heterocycles. The average molecular weight is 586 g/mol. The molecule has 2 aromatic carbocycles. The number of ether oxygens (including phenoxy) is 3. The predicted octanol–water partition coefficient (Wildman–Crippen LogP) is 1.86. The Bertz CT molecular complexity index is 1470. The van der Waals surface area contributed by atoms with Crippen molar-refractivity contribution in [2.24, 2.45) is 0 Å². The van der Waals surface area contributed by atoms with E-state index in [0.717, 1.165) is 7.11 Å². The summed E-state index contributed by atoms with van der Waals surface area (Å²) in [5.74, 6) is -6.22. The minimum atomic E-state index is -1.86. The summed E-state index contributed by atoms with van der Waals surface area (Å²) in [6, 6.07) is 3.53. The van der Waals surface area contributed by atoms with Gasteiger partial charge in [-0.15, -0.1) is 0 Å². The fraction of sp³-hybridized carbons (Fsp3) is 0.500. The second kappa shape index (κ2) is 10.6. The molecule has 42 heavy (non-hydrogen) atoms. The van der Waals surface area contributed by atoms with Crippen molar-refractivity contribution in [3.05, 3.63) is 51.6 Å². The van der Waals surface area contributed by atoms with E-state index in [2.05, 4.69) is 0 Å². The zero-order chi connectivity index (χ0) is 30.8. The Hall–Kier alpha value is -3.55. The predicted molar refractivity (Wildman–Crippen MR) is 146 cm³/mol. The summed E-state index contributed by atoms with van der Waals surface area (Å²) in [6.07, 6.45) is -3.73. The normalized spacial score (nSPS) is 30.5. The van der Waals surface area contributed by atoms with Crippen LogP contribution >= 0.6 is 0 Å². The van der Waals surface area contributed by atoms with Gasteiger partial charge >= 0.3 is 5.97 Å². The van der Waals surface area contributed by atoms with Crippen LogP contribution in [0.2, 0.25) is 0 Å². The molecule has 1 heterocycles. The third kappa shape index (κ3) is 4.36. The lowest BCUT2D eigenvalue weighted by molar-refractivity contribution is -0.258. The highest BCUT2D eigenvalue weighted by Crippen LogP contribution is 2.57. The van der Waals surface area contributed by atoms with E-state index < -0.39 is 82.0 Å². The molecule has 0 spiro atoms. The molecule has 2 aromatic rings. The number of nitrogens with zero attached hydrogens (tertiary/aromatic N) is 1. The Balaban J connectivity index is 1.73. The number of hydrogen-bond acceptors (Lipinski definition) is 12. The number of carbonyl (C=O) groups excluding carboxylic acids is 3. The summed E-state index contributed by atoms with van der Waals surface area (Å²) in [5.41, 5.74) is -3.96. The van der Waals surface area contributed by atoms with Crippen LogP contribution in [0.5, 0.6) is 17.2 Å². The Labute approximate surface area is 242 Å². The number of aromatic hydroxyl groups is 3. The van der Waals surface area contributed by atoms with Gasteiger partial charge in [-0.05, 0) is 33.5 Å². The zero-order valence-electron chi connectivity index (χ0n) is 24.0. The minimum Gasteiger partial charge on any atom is -0.507 e. The highest BCUT2D eigenvalue weighted by Gasteiger charge is 2.55. The van der Waals surface area contributed by atoms with Crippen LogP contribution in [0.4, 0.5) is 0 Å². The summed E-state index contributed by atoms with van der Waals surface area (Å²) in [5, 5.41) is 56.2. The molecular formula is C30H35NO11. The standard InChI is InChI=1S/C30H35NO11/c1-6-30(39)11-16(42-17-10-14(31(3)4)24(33)12(2)41-17)19-20(23(30)29(38)40-5)28(37)21-22(27(19)36)26(35)18-13(25(21)34)8-7-9-15(18)32/h7-9,12,14,16-17,23-24,32-33,36-37,39H,6,10-11H2,1-5H3. The monoisotopic (exact) mass is 585 g/mol. The fourth-order valence-corrected chi connectivity index (χ4v) is 6.59. The number of ketones is 2. The van der Waals surface area contributed by atoms with Crippen LogP contribution in [0, 0.1) is 0 Å². The van der Waals surface area contributed by atoms with Crippen molar-refractivity contribution in [3.63, 3.8) is 0 Å². The summed E-state index contributed by atoms with van der Waals surface area (Å²) in [7, 11) is 4.69. The van der Waals surface area contributed by atoms with Crippen molar-refractivity contribution < 1.29 is 54.1 Å². The highest BCUT2D eigenvalue weighted by atomic mass is 16.7. The SMILES string of the molecule is CCC1(O)CC(OC2CC(N(C)C)C(O)C(C)O2)c2c(O)c3c(c(O)c2C1C(=O)OC)C(=O)c1cccc(O)c1C3=O. The molecule has 1 fully saturated rings. The summed E-state index contributed by atoms with van der Waals surface area (Å²) in [6.45, 7) is 3.30. The van der Waals surface area contributed by atoms with Crippen LogP contribution in [0.3, 0.4) is 0 Å². The number of benzene rings is 2. The lowest BCUT2D eigenvalue weighted by Crippen LogP contribution is -2.54. The molecule has 0 amide bonds. The van der Waals surface area contributed by atoms with Gasteiger partial charge in [0.15, 0.2) is 12.1 Å². The number of rotatable bonds is 5. The molecule has 1 aliphatic heterocycles. The quantitative estimate of drug-likeness (QED) is 0.217. The lowest BCUT2D eigenvalue weighted by Gasteiger charge is -2.46. The van der Waals surface area contributed by atoms with Gasteiger partial charge < -0.3 is 44.6 Å². The fourth-order valence-electron chi connectivity index (χ4n) is 6.59. The molecule has 2 aliphatic carbocycles. The minimum absolute atomic E-state index is 0.00605. The number of carbonyl (C=O) groups is 3. The van der Waals surface area contributed by atoms with Crippen LogP contribution in [0.1, 0.15) is 88.1 Å². The van der Waals surface area contributed by atoms with Gasteiger partial charge in [0, 0.05) is 35.6 Å². The molecule has 226 valence electrons. The van der Waals surface area contributed by atoms with Crippen LogP contribution in [-0.4, -0.2) is 99.3 Å². The van der Waals surface area contributed by atoms with Gasteiger partial charge in [-0.3, -0.25) is 14.4 Å². The highest BCUT2D eigenvalue weighted by molar-refractivity contribution is 6.31. The molecule has 12 nitrogen and oxygen atoms in total. The lowest BCUT2D eigenvalue weighted by atomic mass is 9.66. The summed E-state index contributed by atoms with van der Waals surface area (Å²) >= 11 is 0. The maximum atomic E-state index is 13.7. The van der Waals surface area contributed by atoms with E-state index in [0.29, 0.717) is 0 Å². The number of aliphatic hydroxyl groups is 2. The van der Waals surface area contributed by atoms with Crippen molar-refractivity contribution in [2.45, 2.75) is 75.3 Å². The van der Waals surface area contributed by atoms with Gasteiger partial charge in [0.2, 0.25) is 5.78 Å². The van der Waals surface area contributed by atoms with Crippen molar-refractivity contribution >= 4 is 17.5 Å². The molecule has 0 saturated carbocycles. The molecule has 0 bridgehead atoms. The second-order valence-corrected chi connectivity index (χ2v) is 11.4. The number of methoxy groups -OCH3 is 1. The first-order valence-electron chi connectivity index (χ1n) is 13.8. The Morgan fingerprint density at radius 2 is 1.71 bits per heavy atom. The summed E-state index contributed by atoms with van der Waals surface area (Å²) in [4.78, 5) is 42.3. The van der Waals surface area contributed by atoms with E-state index in [1.165, 1.54) is 18.2 Å². The molecular weight excluding hydrogens is 550 g/mol. The molecule has 7 unspecified atom stereocenters. The summed E-state index contributed by atoms with van der Waals surface area (Å²) < 4.78 is 17.2. The van der Waals surface area contributed by atoms with Gasteiger partial charge in [-0.25, -0.2) is 0 Å². The number of likely N-dealkylation sites (N-methyl/N-ethyl adjacent to an activating group) is 1. The number of aliphatic hydroxyl groups excluding tert-OH is 1. The van der Waals surface area contributed by atoms with Crippen LogP contribution in [0.15, 0.2) is 18.2 Å². The molecule has 7 atom stereocenters. The van der Waals surface area contributed by atoms with Crippen molar-refractivity contribution in [3.8, 4) is 17.2 Å². The van der Waals surface area contributed by atoms with E-state index >= 15 is 0 Å². The van der Waals surface area contributed by atoms with E-state index in [4.69, 9.17) is 14.2 Å².